The van der Waals surface area contributed by atoms with Crippen molar-refractivity contribution in [2.24, 2.45) is 0 Å². The number of hydrogen-bond donors (Lipinski definition) is 1. The summed E-state index contributed by atoms with van der Waals surface area (Å²) in [5.41, 5.74) is 2.53. The van der Waals surface area contributed by atoms with E-state index in [1.807, 2.05) is 36.4 Å². The Morgan fingerprint density at radius 1 is 1.19 bits per heavy atom. The smallest absolute Gasteiger partial charge is 0.266 e. The summed E-state index contributed by atoms with van der Waals surface area (Å²) in [4.78, 5) is 12.4. The summed E-state index contributed by atoms with van der Waals surface area (Å²) in [5, 5.41) is 20.8. The predicted molar refractivity (Wildman–Crippen MR) is 121 cm³/mol. The third-order valence-corrected chi connectivity index (χ3v) is 5.20. The number of anilines is 1. The van der Waals surface area contributed by atoms with Gasteiger partial charge in [0.2, 0.25) is 0 Å². The monoisotopic (exact) mass is 583 g/mol. The molecule has 2 aromatic carbocycles. The third kappa shape index (κ3) is 5.94. The molecule has 136 valence electrons. The van der Waals surface area contributed by atoms with E-state index in [0.29, 0.717) is 17.0 Å². The van der Waals surface area contributed by atoms with Crippen LogP contribution in [-0.2, 0) is 11.2 Å². The van der Waals surface area contributed by atoms with Crippen molar-refractivity contribution in [3.8, 4) is 17.9 Å². The van der Waals surface area contributed by atoms with E-state index in [9.17, 15) is 10.1 Å². The molecule has 0 aromatic heterocycles. The molecule has 1 N–H and O–H groups in total. The lowest BCUT2D eigenvalue weighted by atomic mass is 10.1. The van der Waals surface area contributed by atoms with E-state index in [1.165, 1.54) is 11.6 Å². The summed E-state index contributed by atoms with van der Waals surface area (Å²) in [6.45, 7) is 2.02. The third-order valence-electron chi connectivity index (χ3n) is 3.60. The number of halogens is 2. The van der Waals surface area contributed by atoms with Crippen LogP contribution in [0.4, 0.5) is 5.69 Å². The van der Waals surface area contributed by atoms with Gasteiger partial charge < -0.3 is 10.1 Å². The normalized spacial score (nSPS) is 10.6. The van der Waals surface area contributed by atoms with Gasteiger partial charge in [0.05, 0.1) is 7.14 Å². The van der Waals surface area contributed by atoms with Gasteiger partial charge in [0.25, 0.3) is 5.91 Å². The van der Waals surface area contributed by atoms with Crippen LogP contribution < -0.4 is 10.1 Å². The molecule has 2 aromatic rings. The first-order valence-corrected chi connectivity index (χ1v) is 10.1. The second-order valence-corrected chi connectivity index (χ2v) is 7.76. The minimum Gasteiger partial charge on any atom is -0.477 e. The summed E-state index contributed by atoms with van der Waals surface area (Å²) < 4.78 is 7.01. The van der Waals surface area contributed by atoms with Crippen molar-refractivity contribution >= 4 is 62.9 Å². The number of carbonyl (C=O) groups is 1. The maximum Gasteiger partial charge on any atom is 0.266 e. The van der Waals surface area contributed by atoms with Crippen LogP contribution in [0, 0.1) is 29.8 Å². The van der Waals surface area contributed by atoms with E-state index in [1.54, 1.807) is 12.1 Å². The minimum absolute atomic E-state index is 0.00635. The van der Waals surface area contributed by atoms with Crippen LogP contribution in [0.15, 0.2) is 42.0 Å². The number of benzene rings is 2. The van der Waals surface area contributed by atoms with Crippen LogP contribution in [0.5, 0.6) is 5.75 Å². The Kier molecular flexibility index (Phi) is 8.07. The number of nitriles is 2. The van der Waals surface area contributed by atoms with Gasteiger partial charge in [-0.2, -0.15) is 10.5 Å². The number of carbonyl (C=O) groups excluding carboxylic acids is 1. The fourth-order valence-electron chi connectivity index (χ4n) is 2.24. The number of nitrogens with zero attached hydrogens (tertiary/aromatic N) is 2. The van der Waals surface area contributed by atoms with E-state index in [4.69, 9.17) is 10.00 Å². The summed E-state index contributed by atoms with van der Waals surface area (Å²) in [6.07, 6.45) is 2.46. The Balaban J connectivity index is 2.23. The van der Waals surface area contributed by atoms with Crippen molar-refractivity contribution in [1.29, 1.82) is 10.5 Å². The molecule has 27 heavy (non-hydrogen) atoms. The quantitative estimate of drug-likeness (QED) is 0.298. The molecule has 0 radical (unpaired) electrons. The van der Waals surface area contributed by atoms with Crippen LogP contribution in [0.3, 0.4) is 0 Å². The molecule has 0 fully saturated rings. The average molecular weight is 583 g/mol. The second kappa shape index (κ2) is 10.3. The molecular formula is C20H15I2N3O2. The average Bonchev–Trinajstić information content (AvgIpc) is 2.66. The molecular weight excluding hydrogens is 568 g/mol. The highest BCUT2D eigenvalue weighted by atomic mass is 127. The summed E-state index contributed by atoms with van der Waals surface area (Å²) >= 11 is 4.20. The molecule has 0 saturated heterocycles. The molecule has 5 nitrogen and oxygen atoms in total. The molecule has 0 atom stereocenters. The van der Waals surface area contributed by atoms with Crippen molar-refractivity contribution in [3.05, 3.63) is 60.2 Å². The van der Waals surface area contributed by atoms with Crippen LogP contribution in [-0.4, -0.2) is 12.5 Å². The van der Waals surface area contributed by atoms with Crippen molar-refractivity contribution < 1.29 is 9.53 Å². The first-order chi connectivity index (χ1) is 13.0. The molecule has 0 spiro atoms. The van der Waals surface area contributed by atoms with E-state index in [0.717, 1.165) is 13.6 Å². The largest absolute Gasteiger partial charge is 0.477 e. The van der Waals surface area contributed by atoms with Crippen molar-refractivity contribution in [2.45, 2.75) is 13.3 Å². The summed E-state index contributed by atoms with van der Waals surface area (Å²) in [5.74, 6) is 0.158. The first kappa shape index (κ1) is 21.2. The molecule has 7 heteroatoms. The fraction of sp³-hybridized carbons (Fsp3) is 0.150. The molecule has 0 saturated carbocycles. The summed E-state index contributed by atoms with van der Waals surface area (Å²) in [7, 11) is 0. The van der Waals surface area contributed by atoms with E-state index in [-0.39, 0.29) is 12.2 Å². The molecule has 0 bridgehead atoms. The highest BCUT2D eigenvalue weighted by Gasteiger charge is 2.12. The maximum atomic E-state index is 12.4. The Morgan fingerprint density at radius 3 is 2.33 bits per heavy atom. The van der Waals surface area contributed by atoms with Gasteiger partial charge in [-0.3, -0.25) is 4.79 Å². The van der Waals surface area contributed by atoms with E-state index >= 15 is 0 Å². The Bertz CT molecular complexity index is 932. The van der Waals surface area contributed by atoms with Crippen LogP contribution in [0.25, 0.3) is 6.08 Å². The lowest BCUT2D eigenvalue weighted by molar-refractivity contribution is -0.112. The van der Waals surface area contributed by atoms with Crippen LogP contribution in [0.2, 0.25) is 0 Å². The number of hydrogen-bond acceptors (Lipinski definition) is 4. The van der Waals surface area contributed by atoms with Crippen molar-refractivity contribution in [1.82, 2.24) is 0 Å². The Labute approximate surface area is 185 Å². The van der Waals surface area contributed by atoms with Crippen LogP contribution in [0.1, 0.15) is 18.1 Å². The van der Waals surface area contributed by atoms with Gasteiger partial charge in [-0.05, 0) is 93.1 Å². The standard InChI is InChI=1S/C20H15I2N3O2/c1-2-13-3-5-16(6-4-13)25-20(26)15(12-24)9-14-10-17(21)19(18(22)11-14)27-8-7-23/h3-6,9-11H,2,8H2,1H3,(H,25,26)/b15-9+. The number of rotatable bonds is 6. The highest BCUT2D eigenvalue weighted by Crippen LogP contribution is 2.29. The Hall–Kier alpha value is -2.11. The predicted octanol–water partition coefficient (Wildman–Crippen LogP) is 4.91. The fourth-order valence-corrected chi connectivity index (χ4v) is 4.37. The number of ether oxygens (including phenoxy) is 1. The second-order valence-electron chi connectivity index (χ2n) is 5.43. The van der Waals surface area contributed by atoms with Gasteiger partial charge in [-0.25, -0.2) is 0 Å². The van der Waals surface area contributed by atoms with Gasteiger partial charge in [0, 0.05) is 5.69 Å². The number of aryl methyl sites for hydroxylation is 1. The number of nitrogens with one attached hydrogen (secondary N) is 1. The zero-order valence-corrected chi connectivity index (χ0v) is 18.7. The molecule has 2 rings (SSSR count). The van der Waals surface area contributed by atoms with Gasteiger partial charge in [-0.15, -0.1) is 0 Å². The van der Waals surface area contributed by atoms with Gasteiger partial charge in [0.15, 0.2) is 6.61 Å². The Morgan fingerprint density at radius 2 is 1.81 bits per heavy atom. The van der Waals surface area contributed by atoms with Crippen molar-refractivity contribution in [3.63, 3.8) is 0 Å². The van der Waals surface area contributed by atoms with E-state index in [2.05, 4.69) is 57.4 Å². The first-order valence-electron chi connectivity index (χ1n) is 7.99. The van der Waals surface area contributed by atoms with Crippen LogP contribution >= 0.6 is 45.2 Å². The zero-order valence-electron chi connectivity index (χ0n) is 14.4. The lowest BCUT2D eigenvalue weighted by Gasteiger charge is -2.09. The topological polar surface area (TPSA) is 85.9 Å². The maximum absolute atomic E-state index is 12.4. The molecule has 1 amide bonds. The van der Waals surface area contributed by atoms with Gasteiger partial charge in [0.1, 0.15) is 23.5 Å². The minimum atomic E-state index is -0.462. The molecule has 0 unspecified atom stereocenters. The molecule has 0 aliphatic rings. The molecule has 0 aliphatic heterocycles. The number of amides is 1. The lowest BCUT2D eigenvalue weighted by Crippen LogP contribution is -2.13. The van der Waals surface area contributed by atoms with Gasteiger partial charge in [-0.1, -0.05) is 19.1 Å². The molecule has 0 heterocycles. The SMILES string of the molecule is CCc1ccc(NC(=O)/C(C#N)=C/c2cc(I)c(OCC#N)c(I)c2)cc1. The van der Waals surface area contributed by atoms with E-state index < -0.39 is 5.91 Å². The molecule has 0 aliphatic carbocycles. The summed E-state index contributed by atoms with van der Waals surface area (Å²) in [6, 6.07) is 15.0. The van der Waals surface area contributed by atoms with Gasteiger partial charge >= 0.3 is 0 Å². The highest BCUT2D eigenvalue weighted by molar-refractivity contribution is 14.1. The van der Waals surface area contributed by atoms with Crippen molar-refractivity contribution in [2.75, 3.05) is 11.9 Å². The zero-order chi connectivity index (χ0) is 19.8.